The molecule has 0 aliphatic heterocycles. The molecule has 0 atom stereocenters. The Morgan fingerprint density at radius 2 is 2.05 bits per heavy atom. The molecule has 0 aromatic heterocycles. The first-order chi connectivity index (χ1) is 9.97. The van der Waals surface area contributed by atoms with Crippen molar-refractivity contribution < 1.29 is 9.72 Å². The topological polar surface area (TPSA) is 84.3 Å². The number of anilines is 1. The van der Waals surface area contributed by atoms with Crippen LogP contribution in [0.15, 0.2) is 18.2 Å². The van der Waals surface area contributed by atoms with E-state index in [4.69, 9.17) is 12.2 Å². The average molecular weight is 307 g/mol. The van der Waals surface area contributed by atoms with Gasteiger partial charge in [-0.25, -0.2) is 0 Å². The summed E-state index contributed by atoms with van der Waals surface area (Å²) in [5.74, 6) is -0.0518. The van der Waals surface area contributed by atoms with E-state index in [0.29, 0.717) is 5.69 Å². The Morgan fingerprint density at radius 1 is 1.38 bits per heavy atom. The van der Waals surface area contributed by atoms with E-state index in [0.717, 1.165) is 31.2 Å². The Labute approximate surface area is 128 Å². The molecule has 7 heteroatoms. The van der Waals surface area contributed by atoms with Gasteiger partial charge in [-0.1, -0.05) is 18.9 Å². The largest absolute Gasteiger partial charge is 0.332 e. The monoisotopic (exact) mass is 307 g/mol. The summed E-state index contributed by atoms with van der Waals surface area (Å²) in [6.07, 6.45) is 3.93. The molecule has 0 spiro atoms. The molecular weight excluding hydrogens is 290 g/mol. The van der Waals surface area contributed by atoms with Gasteiger partial charge in [0.2, 0.25) is 5.91 Å². The van der Waals surface area contributed by atoms with Crippen molar-refractivity contribution in [3.05, 3.63) is 33.9 Å². The van der Waals surface area contributed by atoms with Gasteiger partial charge in [-0.05, 0) is 37.5 Å². The molecule has 1 saturated carbocycles. The highest BCUT2D eigenvalue weighted by Crippen LogP contribution is 2.25. The van der Waals surface area contributed by atoms with Crippen LogP contribution in [0.3, 0.4) is 0 Å². The van der Waals surface area contributed by atoms with Crippen molar-refractivity contribution >= 4 is 34.6 Å². The SMILES string of the molecule is Cc1ccc([N+](=O)[O-])cc1NC(=S)NC(=O)C1CCCC1. The molecule has 2 rings (SSSR count). The van der Waals surface area contributed by atoms with Crippen LogP contribution in [0.4, 0.5) is 11.4 Å². The van der Waals surface area contributed by atoms with Crippen LogP contribution in [-0.2, 0) is 4.79 Å². The number of amides is 1. The Hall–Kier alpha value is -2.02. The molecular formula is C14H17N3O3S. The number of aryl methyl sites for hydroxylation is 1. The van der Waals surface area contributed by atoms with E-state index in [-0.39, 0.29) is 22.6 Å². The number of rotatable bonds is 3. The molecule has 1 aliphatic rings. The number of carbonyl (C=O) groups is 1. The summed E-state index contributed by atoms with van der Waals surface area (Å²) < 4.78 is 0. The number of non-ortho nitro benzene ring substituents is 1. The third-order valence-corrected chi connectivity index (χ3v) is 3.85. The highest BCUT2D eigenvalue weighted by Gasteiger charge is 2.23. The minimum absolute atomic E-state index is 0.0204. The van der Waals surface area contributed by atoms with Crippen molar-refractivity contribution in [1.82, 2.24) is 5.32 Å². The van der Waals surface area contributed by atoms with Gasteiger partial charge in [0.15, 0.2) is 5.11 Å². The van der Waals surface area contributed by atoms with Crippen LogP contribution in [0.25, 0.3) is 0 Å². The van der Waals surface area contributed by atoms with Crippen LogP contribution >= 0.6 is 12.2 Å². The molecule has 0 bridgehead atoms. The highest BCUT2D eigenvalue weighted by atomic mass is 32.1. The van der Waals surface area contributed by atoms with Crippen LogP contribution in [0.1, 0.15) is 31.2 Å². The lowest BCUT2D eigenvalue weighted by molar-refractivity contribution is -0.384. The molecule has 21 heavy (non-hydrogen) atoms. The number of hydrogen-bond donors (Lipinski definition) is 2. The standard InChI is InChI=1S/C14H17N3O3S/c1-9-6-7-11(17(19)20)8-12(9)15-14(21)16-13(18)10-4-2-3-5-10/h6-8,10H,2-5H2,1H3,(H2,15,16,18,21). The maximum Gasteiger partial charge on any atom is 0.271 e. The predicted molar refractivity (Wildman–Crippen MR) is 84.2 cm³/mol. The second-order valence-corrected chi connectivity index (χ2v) is 5.59. The van der Waals surface area contributed by atoms with Crippen LogP contribution in [0, 0.1) is 23.0 Å². The molecule has 6 nitrogen and oxygen atoms in total. The first-order valence-corrected chi connectivity index (χ1v) is 7.25. The van der Waals surface area contributed by atoms with Gasteiger partial charge in [0.05, 0.1) is 4.92 Å². The summed E-state index contributed by atoms with van der Waals surface area (Å²) in [6.45, 7) is 1.81. The van der Waals surface area contributed by atoms with E-state index >= 15 is 0 Å². The molecule has 1 amide bonds. The van der Waals surface area contributed by atoms with Crippen molar-refractivity contribution in [2.45, 2.75) is 32.6 Å². The second-order valence-electron chi connectivity index (χ2n) is 5.18. The maximum absolute atomic E-state index is 12.0. The number of thiocarbonyl (C=S) groups is 1. The predicted octanol–water partition coefficient (Wildman–Crippen LogP) is 2.91. The van der Waals surface area contributed by atoms with E-state index in [1.54, 1.807) is 6.07 Å². The third-order valence-electron chi connectivity index (χ3n) is 3.64. The molecule has 0 saturated heterocycles. The van der Waals surface area contributed by atoms with Gasteiger partial charge in [0, 0.05) is 23.7 Å². The van der Waals surface area contributed by atoms with Crippen LogP contribution < -0.4 is 10.6 Å². The zero-order chi connectivity index (χ0) is 15.4. The number of nitrogens with one attached hydrogen (secondary N) is 2. The molecule has 112 valence electrons. The maximum atomic E-state index is 12.0. The molecule has 0 heterocycles. The van der Waals surface area contributed by atoms with Crippen molar-refractivity contribution in [2.24, 2.45) is 5.92 Å². The van der Waals surface area contributed by atoms with Gasteiger partial charge in [-0.3, -0.25) is 14.9 Å². The van der Waals surface area contributed by atoms with Crippen LogP contribution in [0.2, 0.25) is 0 Å². The van der Waals surface area contributed by atoms with Gasteiger partial charge in [-0.2, -0.15) is 0 Å². The second kappa shape index (κ2) is 6.62. The Bertz CT molecular complexity index is 583. The van der Waals surface area contributed by atoms with Crippen molar-refractivity contribution in [1.29, 1.82) is 0 Å². The van der Waals surface area contributed by atoms with E-state index in [9.17, 15) is 14.9 Å². The van der Waals surface area contributed by atoms with Crippen molar-refractivity contribution in [3.8, 4) is 0 Å². The Morgan fingerprint density at radius 3 is 2.67 bits per heavy atom. The van der Waals surface area contributed by atoms with E-state index in [1.807, 2.05) is 6.92 Å². The lowest BCUT2D eigenvalue weighted by atomic mass is 10.1. The van der Waals surface area contributed by atoms with Crippen molar-refractivity contribution in [3.63, 3.8) is 0 Å². The normalized spacial score (nSPS) is 14.7. The Kier molecular flexibility index (Phi) is 4.85. The fourth-order valence-electron chi connectivity index (χ4n) is 2.41. The summed E-state index contributed by atoms with van der Waals surface area (Å²) in [5, 5.41) is 16.5. The number of nitrogens with zero attached hydrogens (tertiary/aromatic N) is 1. The van der Waals surface area contributed by atoms with Gasteiger partial charge in [-0.15, -0.1) is 0 Å². The fraction of sp³-hybridized carbons (Fsp3) is 0.429. The minimum atomic E-state index is -0.467. The lowest BCUT2D eigenvalue weighted by Gasteiger charge is -2.14. The quantitative estimate of drug-likeness (QED) is 0.509. The molecule has 1 fully saturated rings. The third kappa shape index (κ3) is 3.98. The van der Waals surface area contributed by atoms with Gasteiger partial charge in [0.1, 0.15) is 0 Å². The molecule has 0 radical (unpaired) electrons. The highest BCUT2D eigenvalue weighted by molar-refractivity contribution is 7.80. The van der Waals surface area contributed by atoms with Gasteiger partial charge in [0.25, 0.3) is 5.69 Å². The van der Waals surface area contributed by atoms with Gasteiger partial charge >= 0.3 is 0 Å². The molecule has 2 N–H and O–H groups in total. The number of carbonyl (C=O) groups excluding carboxylic acids is 1. The summed E-state index contributed by atoms with van der Waals surface area (Å²) >= 11 is 5.10. The number of nitro groups is 1. The summed E-state index contributed by atoms with van der Waals surface area (Å²) in [5.41, 5.74) is 1.33. The molecule has 0 unspecified atom stereocenters. The zero-order valence-electron chi connectivity index (χ0n) is 11.7. The van der Waals surface area contributed by atoms with Crippen LogP contribution in [0.5, 0.6) is 0 Å². The zero-order valence-corrected chi connectivity index (χ0v) is 12.5. The first kappa shape index (κ1) is 15.4. The summed E-state index contributed by atoms with van der Waals surface area (Å²) in [7, 11) is 0. The molecule has 1 aromatic carbocycles. The number of nitro benzene ring substituents is 1. The Balaban J connectivity index is 2.00. The minimum Gasteiger partial charge on any atom is -0.332 e. The summed E-state index contributed by atoms with van der Waals surface area (Å²) in [4.78, 5) is 22.3. The lowest BCUT2D eigenvalue weighted by Crippen LogP contribution is -2.37. The van der Waals surface area contributed by atoms with Crippen molar-refractivity contribution in [2.75, 3.05) is 5.32 Å². The smallest absolute Gasteiger partial charge is 0.271 e. The average Bonchev–Trinajstić information content (AvgIpc) is 2.95. The van der Waals surface area contributed by atoms with Crippen LogP contribution in [-0.4, -0.2) is 15.9 Å². The number of hydrogen-bond acceptors (Lipinski definition) is 4. The van der Waals surface area contributed by atoms with E-state index in [1.165, 1.54) is 12.1 Å². The van der Waals surface area contributed by atoms with E-state index in [2.05, 4.69) is 10.6 Å². The van der Waals surface area contributed by atoms with Gasteiger partial charge < -0.3 is 10.6 Å². The first-order valence-electron chi connectivity index (χ1n) is 6.84. The number of benzene rings is 1. The molecule has 1 aromatic rings. The molecule has 1 aliphatic carbocycles. The van der Waals surface area contributed by atoms with E-state index < -0.39 is 4.92 Å². The fourth-order valence-corrected chi connectivity index (χ4v) is 2.62. The summed E-state index contributed by atoms with van der Waals surface area (Å²) in [6, 6.07) is 4.48.